The molecule has 28 heavy (non-hydrogen) atoms. The molecule has 0 saturated carbocycles. The molecule has 4 rings (SSSR count). The molecule has 1 amide bonds. The van der Waals surface area contributed by atoms with E-state index in [4.69, 9.17) is 21.4 Å². The number of hydrogen-bond acceptors (Lipinski definition) is 3. The van der Waals surface area contributed by atoms with Crippen molar-refractivity contribution in [3.63, 3.8) is 0 Å². The van der Waals surface area contributed by atoms with Gasteiger partial charge >= 0.3 is 0 Å². The maximum absolute atomic E-state index is 13.4. The van der Waals surface area contributed by atoms with E-state index >= 15 is 0 Å². The number of ether oxygens (including phenoxy) is 1. The first kappa shape index (κ1) is 18.8. The normalized spacial score (nSPS) is 19.8. The molecule has 3 heterocycles. The third kappa shape index (κ3) is 3.57. The van der Waals surface area contributed by atoms with Gasteiger partial charge in [0.15, 0.2) is 0 Å². The highest BCUT2D eigenvalue weighted by molar-refractivity contribution is 6.30. The topological polar surface area (TPSA) is 52.3 Å². The predicted molar refractivity (Wildman–Crippen MR) is 109 cm³/mol. The van der Waals surface area contributed by atoms with Crippen LogP contribution in [0.5, 0.6) is 0 Å². The van der Waals surface area contributed by atoms with Gasteiger partial charge in [-0.3, -0.25) is 4.79 Å². The molecule has 0 spiro atoms. The highest BCUT2D eigenvalue weighted by Gasteiger charge is 2.29. The molecule has 2 atom stereocenters. The second-order valence-corrected chi connectivity index (χ2v) is 7.71. The first-order valence-corrected chi connectivity index (χ1v) is 9.72. The average Bonchev–Trinajstić information content (AvgIpc) is 3.27. The first-order chi connectivity index (χ1) is 13.4. The average molecular weight is 399 g/mol. The number of nitrogens with zero attached hydrogens (tertiary/aromatic N) is 4. The van der Waals surface area contributed by atoms with Crippen LogP contribution < -0.4 is 0 Å². The molecule has 0 aliphatic carbocycles. The standard InChI is InChI=1S/C21H23ClN4O2/c1-14-12-25(13-15(2)28-14)21(27)20-11-18(19-5-4-10-24(19)3)23-26(20)17-8-6-16(22)7-9-17/h4-11,14-15H,12-13H2,1-3H3/t14-,15-/m0/s1. The van der Waals surface area contributed by atoms with Crippen LogP contribution in [0.2, 0.25) is 5.02 Å². The Morgan fingerprint density at radius 1 is 1.14 bits per heavy atom. The van der Waals surface area contributed by atoms with Crippen LogP contribution in [0.15, 0.2) is 48.7 Å². The number of aryl methyl sites for hydroxylation is 1. The van der Waals surface area contributed by atoms with Crippen molar-refractivity contribution >= 4 is 17.5 Å². The highest BCUT2D eigenvalue weighted by atomic mass is 35.5. The number of hydrogen-bond donors (Lipinski definition) is 0. The summed E-state index contributed by atoms with van der Waals surface area (Å²) < 4.78 is 9.46. The zero-order valence-corrected chi connectivity index (χ0v) is 16.9. The lowest BCUT2D eigenvalue weighted by Gasteiger charge is -2.35. The summed E-state index contributed by atoms with van der Waals surface area (Å²) in [5, 5.41) is 5.38. The van der Waals surface area contributed by atoms with E-state index < -0.39 is 0 Å². The molecule has 1 saturated heterocycles. The van der Waals surface area contributed by atoms with Gasteiger partial charge in [-0.05, 0) is 56.3 Å². The number of morpholine rings is 1. The predicted octanol–water partition coefficient (Wildman–Crippen LogP) is 3.78. The third-order valence-corrected chi connectivity index (χ3v) is 5.16. The van der Waals surface area contributed by atoms with E-state index in [0.29, 0.717) is 23.8 Å². The molecule has 3 aromatic rings. The van der Waals surface area contributed by atoms with Crippen molar-refractivity contribution in [1.82, 2.24) is 19.2 Å². The number of aromatic nitrogens is 3. The van der Waals surface area contributed by atoms with Gasteiger partial charge in [0.2, 0.25) is 0 Å². The van der Waals surface area contributed by atoms with Gasteiger partial charge in [0.05, 0.1) is 23.6 Å². The van der Waals surface area contributed by atoms with Gasteiger partial charge in [0, 0.05) is 31.4 Å². The minimum Gasteiger partial charge on any atom is -0.372 e. The zero-order valence-electron chi connectivity index (χ0n) is 16.2. The van der Waals surface area contributed by atoms with Crippen molar-refractivity contribution in [2.24, 2.45) is 7.05 Å². The number of amides is 1. The lowest BCUT2D eigenvalue weighted by molar-refractivity contribution is -0.0588. The van der Waals surface area contributed by atoms with Crippen molar-refractivity contribution in [1.29, 1.82) is 0 Å². The summed E-state index contributed by atoms with van der Waals surface area (Å²) >= 11 is 6.04. The molecule has 146 valence electrons. The Balaban J connectivity index is 1.78. The minimum absolute atomic E-state index is 0.00643. The number of halogens is 1. The summed E-state index contributed by atoms with van der Waals surface area (Å²) in [6.07, 6.45) is 1.97. The molecule has 1 aliphatic heterocycles. The number of rotatable bonds is 3. The van der Waals surface area contributed by atoms with Crippen molar-refractivity contribution in [2.45, 2.75) is 26.1 Å². The second kappa shape index (κ2) is 7.45. The lowest BCUT2D eigenvalue weighted by atomic mass is 10.2. The molecule has 7 heteroatoms. The van der Waals surface area contributed by atoms with E-state index in [1.165, 1.54) is 0 Å². The van der Waals surface area contributed by atoms with Crippen LogP contribution >= 0.6 is 11.6 Å². The summed E-state index contributed by atoms with van der Waals surface area (Å²) in [6, 6.07) is 13.1. The van der Waals surface area contributed by atoms with Crippen LogP contribution in [0.1, 0.15) is 24.3 Å². The fraction of sp³-hybridized carbons (Fsp3) is 0.333. The van der Waals surface area contributed by atoms with Gasteiger partial charge in [0.1, 0.15) is 11.4 Å². The minimum atomic E-state index is -0.0510. The third-order valence-electron chi connectivity index (χ3n) is 4.91. The fourth-order valence-electron chi connectivity index (χ4n) is 3.67. The molecule has 0 radical (unpaired) electrons. The molecule has 0 N–H and O–H groups in total. The Labute approximate surface area is 169 Å². The van der Waals surface area contributed by atoms with Gasteiger partial charge in [-0.1, -0.05) is 11.6 Å². The van der Waals surface area contributed by atoms with Crippen LogP contribution in [-0.4, -0.2) is 50.5 Å². The van der Waals surface area contributed by atoms with Crippen LogP contribution in [0.25, 0.3) is 17.1 Å². The maximum Gasteiger partial charge on any atom is 0.272 e. The largest absolute Gasteiger partial charge is 0.372 e. The number of carbonyl (C=O) groups excluding carboxylic acids is 1. The Bertz CT molecular complexity index is 982. The second-order valence-electron chi connectivity index (χ2n) is 7.27. The van der Waals surface area contributed by atoms with Gasteiger partial charge in [-0.2, -0.15) is 5.10 Å². The monoisotopic (exact) mass is 398 g/mol. The van der Waals surface area contributed by atoms with Crippen molar-refractivity contribution in [3.8, 4) is 17.1 Å². The summed E-state index contributed by atoms with van der Waals surface area (Å²) in [5.74, 6) is -0.0510. The van der Waals surface area contributed by atoms with Crippen LogP contribution in [0, 0.1) is 0 Å². The van der Waals surface area contributed by atoms with Crippen molar-refractivity contribution in [3.05, 3.63) is 59.4 Å². The Morgan fingerprint density at radius 3 is 2.43 bits per heavy atom. The van der Waals surface area contributed by atoms with Crippen LogP contribution in [0.3, 0.4) is 0 Å². The van der Waals surface area contributed by atoms with E-state index in [9.17, 15) is 4.79 Å². The Kier molecular flexibility index (Phi) is 5.00. The van der Waals surface area contributed by atoms with Gasteiger partial charge < -0.3 is 14.2 Å². The molecule has 0 bridgehead atoms. The van der Waals surface area contributed by atoms with Crippen molar-refractivity contribution < 1.29 is 9.53 Å². The zero-order chi connectivity index (χ0) is 19.8. The molecule has 1 aliphatic rings. The molecular weight excluding hydrogens is 376 g/mol. The first-order valence-electron chi connectivity index (χ1n) is 9.35. The molecule has 0 unspecified atom stereocenters. The van der Waals surface area contributed by atoms with Gasteiger partial charge in [-0.25, -0.2) is 4.68 Å². The summed E-state index contributed by atoms with van der Waals surface area (Å²) in [6.45, 7) is 5.10. The molecular formula is C21H23ClN4O2. The summed E-state index contributed by atoms with van der Waals surface area (Å²) in [5.41, 5.74) is 3.02. The van der Waals surface area contributed by atoms with Crippen molar-refractivity contribution in [2.75, 3.05) is 13.1 Å². The summed E-state index contributed by atoms with van der Waals surface area (Å²) in [4.78, 5) is 15.2. The SMILES string of the molecule is C[C@H]1CN(C(=O)c2cc(-c3cccn3C)nn2-c2ccc(Cl)cc2)C[C@H](C)O1. The summed E-state index contributed by atoms with van der Waals surface area (Å²) in [7, 11) is 1.96. The highest BCUT2D eigenvalue weighted by Crippen LogP contribution is 2.24. The molecule has 1 fully saturated rings. The maximum atomic E-state index is 13.4. The van der Waals surface area contributed by atoms with Gasteiger partial charge in [-0.15, -0.1) is 0 Å². The smallest absolute Gasteiger partial charge is 0.272 e. The van der Waals surface area contributed by atoms with Crippen LogP contribution in [-0.2, 0) is 11.8 Å². The van der Waals surface area contributed by atoms with E-state index in [-0.39, 0.29) is 18.1 Å². The molecule has 1 aromatic carbocycles. The van der Waals surface area contributed by atoms with E-state index in [1.54, 1.807) is 16.8 Å². The molecule has 2 aromatic heterocycles. The van der Waals surface area contributed by atoms with E-state index in [1.807, 2.05) is 66.9 Å². The quantitative estimate of drug-likeness (QED) is 0.674. The van der Waals surface area contributed by atoms with Crippen LogP contribution in [0.4, 0.5) is 0 Å². The van der Waals surface area contributed by atoms with E-state index in [2.05, 4.69) is 0 Å². The lowest BCUT2D eigenvalue weighted by Crippen LogP contribution is -2.48. The Morgan fingerprint density at radius 2 is 1.82 bits per heavy atom. The molecule has 6 nitrogen and oxygen atoms in total. The number of carbonyl (C=O) groups is 1. The van der Waals surface area contributed by atoms with E-state index in [0.717, 1.165) is 17.1 Å². The Hall–Kier alpha value is -2.57. The fourth-order valence-corrected chi connectivity index (χ4v) is 3.80. The van der Waals surface area contributed by atoms with Gasteiger partial charge in [0.25, 0.3) is 5.91 Å². The number of benzene rings is 1.